The topological polar surface area (TPSA) is 50.4 Å². The predicted octanol–water partition coefficient (Wildman–Crippen LogP) is 4.21. The van der Waals surface area contributed by atoms with Gasteiger partial charge >= 0.3 is 6.09 Å². The molecule has 1 saturated carbocycles. The van der Waals surface area contributed by atoms with Gasteiger partial charge in [-0.2, -0.15) is 0 Å². The normalized spacial score (nSPS) is 25.3. The molecule has 0 aromatic heterocycles. The molecule has 1 aliphatic heterocycles. The van der Waals surface area contributed by atoms with Crippen LogP contribution < -0.4 is 10.6 Å². The molecule has 0 bridgehead atoms. The lowest BCUT2D eigenvalue weighted by Crippen LogP contribution is -2.42. The van der Waals surface area contributed by atoms with Crippen LogP contribution in [0.15, 0.2) is 24.3 Å². The summed E-state index contributed by atoms with van der Waals surface area (Å²) in [5.41, 5.74) is 6.44. The molecule has 4 heteroatoms. The summed E-state index contributed by atoms with van der Waals surface area (Å²) in [5.74, 6) is 0. The molecule has 1 unspecified atom stereocenters. The van der Waals surface area contributed by atoms with E-state index in [2.05, 4.69) is 43.2 Å². The van der Waals surface area contributed by atoms with Gasteiger partial charge in [-0.3, -0.25) is 0 Å². The molecule has 1 aliphatic carbocycles. The Balaban J connectivity index is 2.01. The second-order valence-electron chi connectivity index (χ2n) is 7.19. The van der Waals surface area contributed by atoms with Gasteiger partial charge in [0.25, 0.3) is 0 Å². The summed E-state index contributed by atoms with van der Waals surface area (Å²) in [6.07, 6.45) is 5.11. The maximum absolute atomic E-state index is 11.5. The summed E-state index contributed by atoms with van der Waals surface area (Å²) < 4.78 is 4.72. The average molecular weight is 328 g/mol. The number of alkyl carbamates (subject to hydrolysis) is 1. The molecule has 1 aromatic carbocycles. The molecular formula is C20H28N2O2. The number of carbonyl (C=O) groups is 1. The van der Waals surface area contributed by atoms with Gasteiger partial charge in [0, 0.05) is 23.7 Å². The maximum Gasteiger partial charge on any atom is 0.406 e. The fourth-order valence-corrected chi connectivity index (χ4v) is 4.72. The minimum absolute atomic E-state index is 0.0926. The number of aryl methyl sites for hydroxylation is 2. The van der Waals surface area contributed by atoms with Gasteiger partial charge in [0.2, 0.25) is 0 Å². The first-order valence-corrected chi connectivity index (χ1v) is 8.87. The number of methoxy groups -OCH3 is 1. The summed E-state index contributed by atoms with van der Waals surface area (Å²) in [4.78, 5) is 11.5. The largest absolute Gasteiger partial charge is 0.453 e. The van der Waals surface area contributed by atoms with Crippen molar-refractivity contribution in [2.75, 3.05) is 19.0 Å². The monoisotopic (exact) mass is 328 g/mol. The number of hydrogen-bond acceptors (Lipinski definition) is 3. The van der Waals surface area contributed by atoms with Gasteiger partial charge in [0.15, 0.2) is 0 Å². The van der Waals surface area contributed by atoms with E-state index in [1.165, 1.54) is 47.9 Å². The van der Waals surface area contributed by atoms with Crippen molar-refractivity contribution in [1.82, 2.24) is 5.32 Å². The third kappa shape index (κ3) is 2.68. The Morgan fingerprint density at radius 3 is 2.96 bits per heavy atom. The lowest BCUT2D eigenvalue weighted by atomic mass is 9.67. The van der Waals surface area contributed by atoms with E-state index >= 15 is 0 Å². The van der Waals surface area contributed by atoms with E-state index < -0.39 is 0 Å². The third-order valence-corrected chi connectivity index (χ3v) is 5.68. The van der Waals surface area contributed by atoms with E-state index in [-0.39, 0.29) is 11.5 Å². The number of hydrogen-bond donors (Lipinski definition) is 2. The smallest absolute Gasteiger partial charge is 0.406 e. The molecular weight excluding hydrogens is 300 g/mol. The minimum atomic E-state index is -0.367. The fourth-order valence-electron chi connectivity index (χ4n) is 4.72. The van der Waals surface area contributed by atoms with Crippen molar-refractivity contribution in [2.24, 2.45) is 0 Å². The van der Waals surface area contributed by atoms with Gasteiger partial charge in [-0.1, -0.05) is 24.6 Å². The van der Waals surface area contributed by atoms with Gasteiger partial charge in [-0.25, -0.2) is 4.79 Å². The highest BCUT2D eigenvalue weighted by Gasteiger charge is 2.49. The number of ether oxygens (including phenoxy) is 1. The molecule has 0 spiro atoms. The van der Waals surface area contributed by atoms with Gasteiger partial charge in [-0.05, 0) is 62.3 Å². The van der Waals surface area contributed by atoms with Crippen LogP contribution in [-0.2, 0) is 10.2 Å². The minimum Gasteiger partial charge on any atom is -0.453 e. The zero-order valence-corrected chi connectivity index (χ0v) is 15.0. The highest BCUT2D eigenvalue weighted by molar-refractivity contribution is 5.70. The molecule has 1 aromatic rings. The fraction of sp³-hybridized carbons (Fsp3) is 0.550. The Labute approximate surface area is 144 Å². The highest BCUT2D eigenvalue weighted by atomic mass is 16.5. The number of fused-ring (bicyclic) bond motifs is 3. The Bertz CT molecular complexity index is 668. The molecule has 3 rings (SSSR count). The molecule has 0 saturated heterocycles. The Morgan fingerprint density at radius 1 is 1.42 bits per heavy atom. The molecule has 2 N–H and O–H groups in total. The SMILES string of the molecule is C=C1CCCCC2Nc3cc(C)cc(C)c3[C@]12CCNC(=O)OC. The van der Waals surface area contributed by atoms with E-state index in [1.807, 2.05) is 0 Å². The van der Waals surface area contributed by atoms with Crippen LogP contribution in [0.4, 0.5) is 10.5 Å². The van der Waals surface area contributed by atoms with E-state index in [9.17, 15) is 4.79 Å². The summed E-state index contributed by atoms with van der Waals surface area (Å²) in [6, 6.07) is 4.87. The Hall–Kier alpha value is -1.97. The quantitative estimate of drug-likeness (QED) is 0.817. The van der Waals surface area contributed by atoms with Crippen LogP contribution in [0, 0.1) is 13.8 Å². The van der Waals surface area contributed by atoms with E-state index in [0.717, 1.165) is 19.3 Å². The number of amides is 1. The van der Waals surface area contributed by atoms with Crippen molar-refractivity contribution in [3.05, 3.63) is 41.0 Å². The van der Waals surface area contributed by atoms with Crippen LogP contribution in [0.25, 0.3) is 0 Å². The number of carbonyl (C=O) groups excluding carboxylic acids is 1. The zero-order chi connectivity index (χ0) is 17.3. The van der Waals surface area contributed by atoms with Crippen LogP contribution in [0.3, 0.4) is 0 Å². The first-order chi connectivity index (χ1) is 11.5. The second-order valence-corrected chi connectivity index (χ2v) is 7.19. The molecule has 2 atom stereocenters. The van der Waals surface area contributed by atoms with Crippen molar-refractivity contribution in [1.29, 1.82) is 0 Å². The van der Waals surface area contributed by atoms with Gasteiger partial charge in [0.1, 0.15) is 0 Å². The van der Waals surface area contributed by atoms with Crippen LogP contribution in [0.2, 0.25) is 0 Å². The molecule has 4 nitrogen and oxygen atoms in total. The summed E-state index contributed by atoms with van der Waals surface area (Å²) >= 11 is 0. The molecule has 0 radical (unpaired) electrons. The van der Waals surface area contributed by atoms with E-state index in [1.54, 1.807) is 0 Å². The van der Waals surface area contributed by atoms with Crippen molar-refractivity contribution >= 4 is 11.8 Å². The maximum atomic E-state index is 11.5. The number of anilines is 1. The number of benzene rings is 1. The van der Waals surface area contributed by atoms with Crippen LogP contribution in [0.1, 0.15) is 48.8 Å². The lowest BCUT2D eigenvalue weighted by molar-refractivity contribution is 0.170. The average Bonchev–Trinajstić information content (AvgIpc) is 2.77. The Morgan fingerprint density at radius 2 is 2.21 bits per heavy atom. The summed E-state index contributed by atoms with van der Waals surface area (Å²) in [6.45, 7) is 9.42. The van der Waals surface area contributed by atoms with Gasteiger partial charge in [0.05, 0.1) is 7.11 Å². The summed E-state index contributed by atoms with van der Waals surface area (Å²) in [7, 11) is 1.40. The van der Waals surface area contributed by atoms with Gasteiger partial charge < -0.3 is 15.4 Å². The van der Waals surface area contributed by atoms with E-state index in [4.69, 9.17) is 4.74 Å². The molecule has 1 heterocycles. The summed E-state index contributed by atoms with van der Waals surface area (Å²) in [5, 5.41) is 6.64. The van der Waals surface area contributed by atoms with Crippen LogP contribution in [-0.4, -0.2) is 25.8 Å². The highest BCUT2D eigenvalue weighted by Crippen LogP contribution is 2.53. The predicted molar refractivity (Wildman–Crippen MR) is 97.6 cm³/mol. The van der Waals surface area contributed by atoms with Gasteiger partial charge in [-0.15, -0.1) is 0 Å². The lowest BCUT2D eigenvalue weighted by Gasteiger charge is -2.37. The zero-order valence-electron chi connectivity index (χ0n) is 15.0. The van der Waals surface area contributed by atoms with Crippen molar-refractivity contribution < 1.29 is 9.53 Å². The number of nitrogens with one attached hydrogen (secondary N) is 2. The number of rotatable bonds is 3. The van der Waals surface area contributed by atoms with Crippen molar-refractivity contribution in [3.63, 3.8) is 0 Å². The molecule has 24 heavy (non-hydrogen) atoms. The first kappa shape index (κ1) is 16.9. The van der Waals surface area contributed by atoms with Crippen LogP contribution in [0.5, 0.6) is 0 Å². The molecule has 130 valence electrons. The van der Waals surface area contributed by atoms with Crippen LogP contribution >= 0.6 is 0 Å². The molecule has 1 amide bonds. The van der Waals surface area contributed by atoms with Crippen molar-refractivity contribution in [2.45, 2.75) is 57.4 Å². The standard InChI is InChI=1S/C20H28N2O2/c1-13-11-14(2)18-16(12-13)22-17-8-6-5-7-15(3)20(17,18)9-10-21-19(23)24-4/h11-12,17,22H,3,5-10H2,1-2,4H3,(H,21,23)/t17?,20-/m1/s1. The van der Waals surface area contributed by atoms with Crippen molar-refractivity contribution in [3.8, 4) is 0 Å². The molecule has 2 aliphatic rings. The first-order valence-electron chi connectivity index (χ1n) is 8.87. The van der Waals surface area contributed by atoms with E-state index in [0.29, 0.717) is 12.6 Å². The molecule has 1 fully saturated rings. The third-order valence-electron chi connectivity index (χ3n) is 5.68. The second kappa shape index (κ2) is 6.50. The Kier molecular flexibility index (Phi) is 4.57.